The van der Waals surface area contributed by atoms with Crippen LogP contribution in [0.25, 0.3) is 0 Å². The summed E-state index contributed by atoms with van der Waals surface area (Å²) in [5, 5.41) is 2.55. The Kier molecular flexibility index (Phi) is 4.74. The molecule has 0 aromatic heterocycles. The average molecular weight is 276 g/mol. The van der Waals surface area contributed by atoms with E-state index in [4.69, 9.17) is 4.74 Å². The number of ether oxygens (including phenoxy) is 1. The van der Waals surface area contributed by atoms with Gasteiger partial charge in [-0.1, -0.05) is 29.8 Å². The van der Waals surface area contributed by atoms with Gasteiger partial charge >= 0.3 is 0 Å². The van der Waals surface area contributed by atoms with Crippen LogP contribution in [0.5, 0.6) is 0 Å². The van der Waals surface area contributed by atoms with Crippen LogP contribution in [-0.2, 0) is 20.7 Å². The number of hydrogen-bond donors (Lipinski definition) is 1. The van der Waals surface area contributed by atoms with Gasteiger partial charge in [0.2, 0.25) is 5.91 Å². The highest BCUT2D eigenvalue weighted by Gasteiger charge is 2.28. The van der Waals surface area contributed by atoms with Gasteiger partial charge in [-0.3, -0.25) is 9.59 Å². The van der Waals surface area contributed by atoms with E-state index in [1.54, 1.807) is 11.9 Å². The Labute approximate surface area is 118 Å². The summed E-state index contributed by atoms with van der Waals surface area (Å²) in [7, 11) is 1.57. The summed E-state index contributed by atoms with van der Waals surface area (Å²) < 4.78 is 5.37. The average Bonchev–Trinajstić information content (AvgIpc) is 2.46. The quantitative estimate of drug-likeness (QED) is 0.875. The summed E-state index contributed by atoms with van der Waals surface area (Å²) in [6.45, 7) is 3.27. The molecule has 0 bridgehead atoms. The molecule has 0 unspecified atom stereocenters. The van der Waals surface area contributed by atoms with Crippen molar-refractivity contribution in [2.45, 2.75) is 19.4 Å². The highest BCUT2D eigenvalue weighted by molar-refractivity contribution is 5.83. The number of likely N-dealkylation sites (N-methyl/N-ethyl adjacent to an activating group) is 1. The second-order valence-electron chi connectivity index (χ2n) is 4.98. The molecule has 1 aromatic carbocycles. The van der Waals surface area contributed by atoms with E-state index in [-0.39, 0.29) is 11.8 Å². The van der Waals surface area contributed by atoms with Crippen molar-refractivity contribution in [1.82, 2.24) is 10.2 Å². The van der Waals surface area contributed by atoms with Crippen LogP contribution in [0.15, 0.2) is 24.3 Å². The minimum absolute atomic E-state index is 0.0350. The van der Waals surface area contributed by atoms with Gasteiger partial charge in [0.1, 0.15) is 0 Å². The Bertz CT molecular complexity index is 502. The van der Waals surface area contributed by atoms with Crippen LogP contribution in [0.3, 0.4) is 0 Å². The molecule has 2 amide bonds. The zero-order valence-electron chi connectivity index (χ0n) is 11.9. The number of nitrogens with zero attached hydrogens (tertiary/aromatic N) is 1. The lowest BCUT2D eigenvalue weighted by molar-refractivity contribution is -0.146. The van der Waals surface area contributed by atoms with Gasteiger partial charge in [-0.2, -0.15) is 0 Å². The molecule has 2 rings (SSSR count). The summed E-state index contributed by atoms with van der Waals surface area (Å²) in [4.78, 5) is 25.5. The second kappa shape index (κ2) is 6.52. The van der Waals surface area contributed by atoms with E-state index in [2.05, 4.69) is 5.32 Å². The standard InChI is InChI=1S/C15H20N2O3/c1-11-4-3-5-12(8-11)9-14(18)17-6-7-20-13(10-17)15(19)16-2/h3-5,8,13H,6-7,9-10H2,1-2H3,(H,16,19)/t13-/m1/s1. The largest absolute Gasteiger partial charge is 0.365 e. The maximum Gasteiger partial charge on any atom is 0.250 e. The first-order valence-corrected chi connectivity index (χ1v) is 6.76. The fourth-order valence-corrected chi connectivity index (χ4v) is 2.30. The molecule has 5 nitrogen and oxygen atoms in total. The molecule has 0 saturated carbocycles. The molecule has 0 aliphatic carbocycles. The fraction of sp³-hybridized carbons (Fsp3) is 0.467. The number of carbonyl (C=O) groups is 2. The molecule has 1 aliphatic heterocycles. The normalized spacial score (nSPS) is 18.7. The SMILES string of the molecule is CNC(=O)[C@H]1CN(C(=O)Cc2cccc(C)c2)CCO1. The molecule has 1 N–H and O–H groups in total. The lowest BCUT2D eigenvalue weighted by Gasteiger charge is -2.32. The summed E-state index contributed by atoms with van der Waals surface area (Å²) in [6, 6.07) is 7.91. The summed E-state index contributed by atoms with van der Waals surface area (Å²) in [5.41, 5.74) is 2.14. The highest BCUT2D eigenvalue weighted by atomic mass is 16.5. The number of amides is 2. The predicted molar refractivity (Wildman–Crippen MR) is 75.3 cm³/mol. The third kappa shape index (κ3) is 3.57. The van der Waals surface area contributed by atoms with E-state index in [0.717, 1.165) is 11.1 Å². The zero-order valence-corrected chi connectivity index (χ0v) is 11.9. The molecule has 1 atom stereocenters. The van der Waals surface area contributed by atoms with E-state index >= 15 is 0 Å². The first-order valence-electron chi connectivity index (χ1n) is 6.76. The summed E-state index contributed by atoms with van der Waals surface area (Å²) in [6.07, 6.45) is -0.197. The van der Waals surface area contributed by atoms with E-state index in [9.17, 15) is 9.59 Å². The lowest BCUT2D eigenvalue weighted by atomic mass is 10.1. The molecule has 1 heterocycles. The number of carbonyl (C=O) groups excluding carboxylic acids is 2. The minimum Gasteiger partial charge on any atom is -0.365 e. The van der Waals surface area contributed by atoms with Gasteiger partial charge in [0, 0.05) is 13.6 Å². The van der Waals surface area contributed by atoms with Crippen LogP contribution >= 0.6 is 0 Å². The summed E-state index contributed by atoms with van der Waals surface area (Å²) >= 11 is 0. The Morgan fingerprint density at radius 1 is 1.45 bits per heavy atom. The van der Waals surface area contributed by atoms with Crippen molar-refractivity contribution in [1.29, 1.82) is 0 Å². The second-order valence-corrected chi connectivity index (χ2v) is 4.98. The van der Waals surface area contributed by atoms with Gasteiger partial charge in [-0.25, -0.2) is 0 Å². The third-order valence-electron chi connectivity index (χ3n) is 3.40. The maximum atomic E-state index is 12.3. The molecular formula is C15H20N2O3. The van der Waals surface area contributed by atoms with Crippen molar-refractivity contribution in [2.75, 3.05) is 26.7 Å². The summed E-state index contributed by atoms with van der Waals surface area (Å²) in [5.74, 6) is -0.147. The van der Waals surface area contributed by atoms with Crippen molar-refractivity contribution >= 4 is 11.8 Å². The Hall–Kier alpha value is -1.88. The number of rotatable bonds is 3. The number of hydrogen-bond acceptors (Lipinski definition) is 3. The molecule has 0 radical (unpaired) electrons. The van der Waals surface area contributed by atoms with Crippen LogP contribution in [0, 0.1) is 6.92 Å². The van der Waals surface area contributed by atoms with Gasteiger partial charge in [-0.05, 0) is 12.5 Å². The highest BCUT2D eigenvalue weighted by Crippen LogP contribution is 2.10. The van der Waals surface area contributed by atoms with E-state index in [1.807, 2.05) is 31.2 Å². The topological polar surface area (TPSA) is 58.6 Å². The van der Waals surface area contributed by atoms with Gasteiger partial charge in [0.25, 0.3) is 5.91 Å². The first kappa shape index (κ1) is 14.5. The Balaban J connectivity index is 1.97. The lowest BCUT2D eigenvalue weighted by Crippen LogP contribution is -2.51. The minimum atomic E-state index is -0.560. The van der Waals surface area contributed by atoms with Crippen LogP contribution in [0.2, 0.25) is 0 Å². The number of morpholine rings is 1. The van der Waals surface area contributed by atoms with Gasteiger partial charge < -0.3 is 15.0 Å². The smallest absolute Gasteiger partial charge is 0.250 e. The van der Waals surface area contributed by atoms with Gasteiger partial charge in [0.05, 0.1) is 19.6 Å². The molecular weight excluding hydrogens is 256 g/mol. The van der Waals surface area contributed by atoms with Crippen molar-refractivity contribution < 1.29 is 14.3 Å². The maximum absolute atomic E-state index is 12.3. The molecule has 1 fully saturated rings. The molecule has 1 saturated heterocycles. The van der Waals surface area contributed by atoms with E-state index < -0.39 is 6.10 Å². The van der Waals surface area contributed by atoms with Crippen LogP contribution in [0.4, 0.5) is 0 Å². The number of benzene rings is 1. The van der Waals surface area contributed by atoms with Crippen molar-refractivity contribution in [2.24, 2.45) is 0 Å². The zero-order chi connectivity index (χ0) is 14.5. The predicted octanol–water partition coefficient (Wildman–Crippen LogP) is 0.511. The van der Waals surface area contributed by atoms with Crippen molar-refractivity contribution in [3.05, 3.63) is 35.4 Å². The van der Waals surface area contributed by atoms with E-state index in [0.29, 0.717) is 26.1 Å². The van der Waals surface area contributed by atoms with Crippen LogP contribution in [0.1, 0.15) is 11.1 Å². The van der Waals surface area contributed by atoms with E-state index in [1.165, 1.54) is 0 Å². The number of aryl methyl sites for hydroxylation is 1. The molecule has 0 spiro atoms. The van der Waals surface area contributed by atoms with Gasteiger partial charge in [0.15, 0.2) is 6.10 Å². The monoisotopic (exact) mass is 276 g/mol. The number of nitrogens with one attached hydrogen (secondary N) is 1. The molecule has 1 aromatic rings. The van der Waals surface area contributed by atoms with Crippen molar-refractivity contribution in [3.63, 3.8) is 0 Å². The Morgan fingerprint density at radius 3 is 2.95 bits per heavy atom. The first-order chi connectivity index (χ1) is 9.60. The third-order valence-corrected chi connectivity index (χ3v) is 3.40. The fourth-order valence-electron chi connectivity index (χ4n) is 2.30. The van der Waals surface area contributed by atoms with Crippen LogP contribution < -0.4 is 5.32 Å². The van der Waals surface area contributed by atoms with Gasteiger partial charge in [-0.15, -0.1) is 0 Å². The van der Waals surface area contributed by atoms with Crippen molar-refractivity contribution in [3.8, 4) is 0 Å². The molecule has 108 valence electrons. The molecule has 5 heteroatoms. The molecule has 1 aliphatic rings. The molecule has 20 heavy (non-hydrogen) atoms. The Morgan fingerprint density at radius 2 is 2.25 bits per heavy atom. The van der Waals surface area contributed by atoms with Crippen LogP contribution in [-0.4, -0.2) is 49.6 Å².